The van der Waals surface area contributed by atoms with Gasteiger partial charge in [0.2, 0.25) is 0 Å². The number of carbonyl (C=O) groups excluding carboxylic acids is 2. The molecular formula is C74H156N2O9Si4. The maximum Gasteiger partial charge on any atom is 0.308 e. The summed E-state index contributed by atoms with van der Waals surface area (Å²) in [6.07, 6.45) is 32.0. The van der Waals surface area contributed by atoms with Gasteiger partial charge in [-0.15, -0.1) is 0 Å². The number of rotatable bonds is 54. The summed E-state index contributed by atoms with van der Waals surface area (Å²) in [6, 6.07) is 0. The van der Waals surface area contributed by atoms with E-state index in [9.17, 15) is 14.7 Å². The molecule has 0 bridgehead atoms. The fraction of sp³-hybridized carbons (Fsp3) is 0.973. The molecule has 0 saturated carbocycles. The Morgan fingerprint density at radius 3 is 0.764 bits per heavy atom. The third-order valence-electron chi connectivity index (χ3n) is 20.7. The Balaban J connectivity index is 5.72. The van der Waals surface area contributed by atoms with Crippen LogP contribution in [0.25, 0.3) is 0 Å². The first-order valence-electron chi connectivity index (χ1n) is 37.3. The van der Waals surface area contributed by atoms with Crippen LogP contribution in [0, 0.1) is 0 Å². The second-order valence-electron chi connectivity index (χ2n) is 34.0. The molecule has 0 fully saturated rings. The highest BCUT2D eigenvalue weighted by Gasteiger charge is 2.43. The third-order valence-corrected chi connectivity index (χ3v) is 38.9. The fourth-order valence-corrected chi connectivity index (χ4v) is 16.2. The Bertz CT molecular complexity index is 1590. The van der Waals surface area contributed by atoms with Gasteiger partial charge in [0.1, 0.15) is 0 Å². The van der Waals surface area contributed by atoms with Crippen LogP contribution in [0.3, 0.4) is 0 Å². The van der Waals surface area contributed by atoms with Crippen LogP contribution in [0.15, 0.2) is 0 Å². The highest BCUT2D eigenvalue weighted by Crippen LogP contribution is 2.42. The van der Waals surface area contributed by atoms with E-state index in [4.69, 9.17) is 27.2 Å². The van der Waals surface area contributed by atoms with Crippen molar-refractivity contribution >= 4 is 45.2 Å². The van der Waals surface area contributed by atoms with Gasteiger partial charge in [0.25, 0.3) is 0 Å². The number of unbranched alkanes of at least 4 members (excludes halogenated alkanes) is 18. The molecule has 15 heteroatoms. The molecule has 0 aliphatic heterocycles. The highest BCUT2D eigenvalue weighted by atomic mass is 28.4. The topological polar surface area (TPSA) is 116 Å². The summed E-state index contributed by atoms with van der Waals surface area (Å²) >= 11 is 0. The molecule has 0 radical (unpaired) electrons. The molecule has 0 aliphatic rings. The van der Waals surface area contributed by atoms with E-state index in [0.717, 1.165) is 116 Å². The summed E-state index contributed by atoms with van der Waals surface area (Å²) in [5.74, 6) is -0.963. The third kappa shape index (κ3) is 40.6. The van der Waals surface area contributed by atoms with Crippen molar-refractivity contribution in [3.8, 4) is 0 Å². The second-order valence-corrected chi connectivity index (χ2v) is 53.1. The van der Waals surface area contributed by atoms with E-state index >= 15 is 0 Å². The summed E-state index contributed by atoms with van der Waals surface area (Å²) in [7, 11) is -8.01. The van der Waals surface area contributed by atoms with Crippen LogP contribution in [-0.4, -0.2) is 143 Å². The summed E-state index contributed by atoms with van der Waals surface area (Å²) in [4.78, 5) is 31.5. The van der Waals surface area contributed by atoms with E-state index in [1.165, 1.54) is 110 Å². The van der Waals surface area contributed by atoms with Crippen LogP contribution < -0.4 is 0 Å². The molecule has 532 valence electrons. The molecule has 4 atom stereocenters. The van der Waals surface area contributed by atoms with Crippen molar-refractivity contribution in [3.05, 3.63) is 0 Å². The highest BCUT2D eigenvalue weighted by molar-refractivity contribution is 6.75. The minimum absolute atomic E-state index is 0.141. The number of aliphatic hydroxyl groups is 1. The van der Waals surface area contributed by atoms with Crippen molar-refractivity contribution in [1.82, 2.24) is 9.80 Å². The van der Waals surface area contributed by atoms with E-state index in [2.05, 4.69) is 173 Å². The zero-order valence-electron chi connectivity index (χ0n) is 64.3. The van der Waals surface area contributed by atoms with Crippen LogP contribution in [0.4, 0.5) is 0 Å². The normalized spacial score (nSPS) is 15.6. The molecule has 0 aromatic rings. The van der Waals surface area contributed by atoms with Crippen molar-refractivity contribution in [2.24, 2.45) is 0 Å². The number of esters is 2. The van der Waals surface area contributed by atoms with E-state index in [-0.39, 0.29) is 57.4 Å². The van der Waals surface area contributed by atoms with Gasteiger partial charge in [-0.1, -0.05) is 239 Å². The molecule has 89 heavy (non-hydrogen) atoms. The Hall–Kier alpha value is -0.472. The van der Waals surface area contributed by atoms with Crippen LogP contribution >= 0.6 is 0 Å². The van der Waals surface area contributed by atoms with Crippen molar-refractivity contribution < 1.29 is 41.9 Å². The average Bonchev–Trinajstić information content (AvgIpc) is 2.11. The maximum atomic E-state index is 13.1. The van der Waals surface area contributed by atoms with Crippen LogP contribution in [0.1, 0.15) is 310 Å². The maximum absolute atomic E-state index is 13.1. The molecule has 0 spiro atoms. The zero-order valence-corrected chi connectivity index (χ0v) is 68.3. The molecule has 0 rings (SSSR count). The first kappa shape index (κ1) is 88.5. The molecule has 11 nitrogen and oxygen atoms in total. The van der Waals surface area contributed by atoms with Crippen molar-refractivity contribution in [1.29, 1.82) is 0 Å². The smallest absolute Gasteiger partial charge is 0.308 e. The Morgan fingerprint density at radius 1 is 0.337 bits per heavy atom. The predicted octanol–water partition coefficient (Wildman–Crippen LogP) is 21.8. The van der Waals surface area contributed by atoms with Crippen LogP contribution in [0.2, 0.25) is 72.5 Å². The number of carbonyl (C=O) groups is 2. The van der Waals surface area contributed by atoms with Gasteiger partial charge in [-0.25, -0.2) is 0 Å². The second kappa shape index (κ2) is 44.4. The van der Waals surface area contributed by atoms with Gasteiger partial charge >= 0.3 is 11.9 Å². The fourth-order valence-electron chi connectivity index (χ4n) is 10.7. The van der Waals surface area contributed by atoms with Gasteiger partial charge in [-0.2, -0.15) is 0 Å². The van der Waals surface area contributed by atoms with Gasteiger partial charge < -0.3 is 32.3 Å². The minimum atomic E-state index is -2.00. The molecule has 0 saturated heterocycles. The minimum Gasteiger partial charge on any atom is -0.466 e. The molecule has 0 aromatic heterocycles. The molecule has 0 heterocycles. The molecule has 1 N–H and O–H groups in total. The lowest BCUT2D eigenvalue weighted by atomic mass is 9.98. The molecule has 0 amide bonds. The number of hydrogen-bond acceptors (Lipinski definition) is 11. The van der Waals surface area contributed by atoms with E-state index in [0.29, 0.717) is 13.2 Å². The zero-order chi connectivity index (χ0) is 68.2. The Kier molecular flexibility index (Phi) is 44.1. The monoisotopic (exact) mass is 1330 g/mol. The Morgan fingerprint density at radius 2 is 0.551 bits per heavy atom. The Labute approximate surface area is 559 Å². The molecule has 0 aromatic carbocycles. The summed E-state index contributed by atoms with van der Waals surface area (Å²) < 4.78 is 40.4. The van der Waals surface area contributed by atoms with E-state index < -0.39 is 50.8 Å². The van der Waals surface area contributed by atoms with Crippen LogP contribution in [-0.2, 0) is 36.8 Å². The van der Waals surface area contributed by atoms with Crippen molar-refractivity contribution in [2.75, 3.05) is 52.5 Å². The lowest BCUT2D eigenvalue weighted by molar-refractivity contribution is -0.154. The van der Waals surface area contributed by atoms with Gasteiger partial charge in [0, 0.05) is 26.2 Å². The molecular weight excluding hydrogens is 1170 g/mol. The lowest BCUT2D eigenvalue weighted by Crippen LogP contribution is -2.50. The van der Waals surface area contributed by atoms with Gasteiger partial charge in [0.15, 0.2) is 33.3 Å². The van der Waals surface area contributed by atoms with E-state index in [1.54, 1.807) is 0 Å². The lowest BCUT2D eigenvalue weighted by Gasteiger charge is -2.42. The summed E-state index contributed by atoms with van der Waals surface area (Å²) in [5, 5.41) is 11.8. The van der Waals surface area contributed by atoms with Gasteiger partial charge in [-0.3, -0.25) is 19.4 Å². The van der Waals surface area contributed by atoms with E-state index in [1.807, 2.05) is 0 Å². The van der Waals surface area contributed by atoms with Crippen molar-refractivity contribution in [2.45, 2.75) is 413 Å². The van der Waals surface area contributed by atoms with Crippen LogP contribution in [0.5, 0.6) is 0 Å². The summed E-state index contributed by atoms with van der Waals surface area (Å²) in [6.45, 7) is 64.5. The largest absolute Gasteiger partial charge is 0.466 e. The average molecular weight is 1330 g/mol. The SMILES string of the molecule is CCCCCCC(CN(CCCCCCOC(=O)CC(C)(O)CC(=O)OCCCCCCN(CC(CCCCCC)O[Si](C)(C)C(C)(C)C)CC(CCCCCC)O[Si](C)(C)C(C)(C)C)CC(CCCCCC)O[Si](C)(C)C(C)(C)C)O[Si](C)(C)C(C)(C)C. The predicted molar refractivity (Wildman–Crippen MR) is 395 cm³/mol. The van der Waals surface area contributed by atoms with Gasteiger partial charge in [0.05, 0.1) is 56.1 Å². The van der Waals surface area contributed by atoms with Gasteiger partial charge in [-0.05, 0) is 144 Å². The van der Waals surface area contributed by atoms with Crippen molar-refractivity contribution in [3.63, 3.8) is 0 Å². The molecule has 0 aliphatic carbocycles. The quantitative estimate of drug-likeness (QED) is 0.0356. The first-order valence-corrected chi connectivity index (χ1v) is 48.9. The summed E-state index contributed by atoms with van der Waals surface area (Å²) in [5.41, 5.74) is -1.55. The number of hydrogen-bond donors (Lipinski definition) is 1. The molecule has 4 unspecified atom stereocenters. The number of nitrogens with zero attached hydrogens (tertiary/aromatic N) is 2. The number of ether oxygens (including phenoxy) is 2. The first-order chi connectivity index (χ1) is 41.1. The standard InChI is InChI=1S/C74H156N2O9Si4/c1-26-30-34-42-50-64(82-86(18,19)70(5,6)7)60-75(61-65(51-43-35-31-27-2)83-87(20,21)71(8,9)10)54-46-38-40-48-56-80-68(77)58-74(17,79)59-69(78)81-57-49-41-39-47-55-76(62-66(52-44-36-32-28-3)84-88(22,23)72(11,12)13)63-67(53-45-37-33-29-4)85-89(24,25)73(14,15)16/h64-67,79H,26-63H2,1-25H3.